The first-order valence-electron chi connectivity index (χ1n) is 9.71. The summed E-state index contributed by atoms with van der Waals surface area (Å²) >= 11 is 0. The van der Waals surface area contributed by atoms with Crippen LogP contribution < -0.4 is 10.6 Å². The van der Waals surface area contributed by atoms with E-state index in [1.54, 1.807) is 29.2 Å². The smallest absolute Gasteiger partial charge is 0.411 e. The van der Waals surface area contributed by atoms with Gasteiger partial charge < -0.3 is 19.7 Å². The first-order chi connectivity index (χ1) is 14.6. The van der Waals surface area contributed by atoms with E-state index in [0.29, 0.717) is 31.1 Å². The second-order valence-electron chi connectivity index (χ2n) is 7.10. The lowest BCUT2D eigenvalue weighted by Crippen LogP contribution is -2.56. The lowest BCUT2D eigenvalue weighted by atomic mass is 10.1. The fraction of sp³-hybridized carbons (Fsp3) is 0.217. The van der Waals surface area contributed by atoms with Gasteiger partial charge in [0, 0.05) is 11.4 Å². The zero-order chi connectivity index (χ0) is 20.9. The Kier molecular flexibility index (Phi) is 5.81. The molecule has 1 fully saturated rings. The van der Waals surface area contributed by atoms with E-state index in [1.807, 2.05) is 18.2 Å². The summed E-state index contributed by atoms with van der Waals surface area (Å²) in [7, 11) is 1.30. The van der Waals surface area contributed by atoms with Crippen LogP contribution in [-0.4, -0.2) is 43.3 Å². The molecule has 1 saturated heterocycles. The highest BCUT2D eigenvalue weighted by Gasteiger charge is 2.31. The van der Waals surface area contributed by atoms with Gasteiger partial charge in [0.25, 0.3) is 0 Å². The van der Waals surface area contributed by atoms with E-state index >= 15 is 0 Å². The van der Waals surface area contributed by atoms with Crippen molar-refractivity contribution in [3.05, 3.63) is 72.3 Å². The van der Waals surface area contributed by atoms with Gasteiger partial charge in [0.15, 0.2) is 0 Å². The van der Waals surface area contributed by atoms with Crippen molar-refractivity contribution in [2.45, 2.75) is 12.7 Å². The van der Waals surface area contributed by atoms with Crippen LogP contribution in [0.5, 0.6) is 0 Å². The number of carbonyl (C=O) groups is 2. The first kappa shape index (κ1) is 19.7. The molecule has 3 aromatic carbocycles. The molecule has 0 aromatic heterocycles. The molecule has 3 aromatic rings. The number of likely N-dealkylation sites (tertiary alicyclic amines) is 1. The fourth-order valence-electron chi connectivity index (χ4n) is 3.38. The largest absolute Gasteiger partial charge is 0.453 e. The number of nitrogens with one attached hydrogen (secondary N) is 2. The van der Waals surface area contributed by atoms with Gasteiger partial charge in [-0.1, -0.05) is 48.5 Å². The summed E-state index contributed by atoms with van der Waals surface area (Å²) in [5.41, 5.74) is 2.28. The second kappa shape index (κ2) is 8.84. The van der Waals surface area contributed by atoms with E-state index in [2.05, 4.69) is 39.6 Å². The fourth-order valence-corrected chi connectivity index (χ4v) is 3.38. The van der Waals surface area contributed by atoms with Gasteiger partial charge in [0.05, 0.1) is 32.9 Å². The third-order valence-corrected chi connectivity index (χ3v) is 5.04. The van der Waals surface area contributed by atoms with E-state index in [0.717, 1.165) is 5.56 Å². The summed E-state index contributed by atoms with van der Waals surface area (Å²) in [5.74, 6) is 0. The molecule has 0 unspecified atom stereocenters. The molecule has 2 N–H and O–H groups in total. The number of benzene rings is 3. The number of methoxy groups -OCH3 is 1. The minimum Gasteiger partial charge on any atom is -0.453 e. The van der Waals surface area contributed by atoms with Crippen molar-refractivity contribution < 1.29 is 19.1 Å². The topological polar surface area (TPSA) is 79.9 Å². The highest BCUT2D eigenvalue weighted by Crippen LogP contribution is 2.22. The minimum absolute atomic E-state index is 0.0158. The predicted molar refractivity (Wildman–Crippen MR) is 116 cm³/mol. The van der Waals surface area contributed by atoms with Crippen molar-refractivity contribution in [2.75, 3.05) is 30.8 Å². The number of carbonyl (C=O) groups excluding carboxylic acids is 2. The molecular weight excluding hydrogens is 382 g/mol. The lowest BCUT2D eigenvalue weighted by Gasteiger charge is -2.38. The van der Waals surface area contributed by atoms with Gasteiger partial charge in [0.2, 0.25) is 0 Å². The summed E-state index contributed by atoms with van der Waals surface area (Å²) in [6.45, 7) is 1.59. The maximum Gasteiger partial charge on any atom is 0.411 e. The third kappa shape index (κ3) is 4.52. The second-order valence-corrected chi connectivity index (χ2v) is 7.10. The first-order valence-corrected chi connectivity index (χ1v) is 9.71. The number of nitrogens with zero attached hydrogens (tertiary/aromatic N) is 1. The molecule has 0 aliphatic carbocycles. The van der Waals surface area contributed by atoms with Crippen molar-refractivity contribution >= 4 is 34.3 Å². The van der Waals surface area contributed by atoms with Gasteiger partial charge in [-0.05, 0) is 34.5 Å². The third-order valence-electron chi connectivity index (χ3n) is 5.04. The maximum atomic E-state index is 12.4. The van der Waals surface area contributed by atoms with Crippen LogP contribution in [0, 0.1) is 0 Å². The van der Waals surface area contributed by atoms with Crippen LogP contribution in [-0.2, 0) is 16.1 Å². The van der Waals surface area contributed by atoms with Gasteiger partial charge in [-0.25, -0.2) is 9.59 Å². The van der Waals surface area contributed by atoms with Crippen molar-refractivity contribution in [2.24, 2.45) is 0 Å². The molecule has 0 bridgehead atoms. The molecule has 4 rings (SSSR count). The van der Waals surface area contributed by atoms with Crippen molar-refractivity contribution in [3.8, 4) is 0 Å². The average Bonchev–Trinajstić information content (AvgIpc) is 2.73. The molecular formula is C23H23N3O4. The highest BCUT2D eigenvalue weighted by molar-refractivity contribution is 5.92. The summed E-state index contributed by atoms with van der Waals surface area (Å²) in [6, 6.07) is 21.1. The lowest BCUT2D eigenvalue weighted by molar-refractivity contribution is -0.0417. The molecule has 3 amide bonds. The Morgan fingerprint density at radius 3 is 2.47 bits per heavy atom. The van der Waals surface area contributed by atoms with Crippen molar-refractivity contribution in [1.29, 1.82) is 0 Å². The van der Waals surface area contributed by atoms with Crippen molar-refractivity contribution in [1.82, 2.24) is 4.90 Å². The number of urea groups is 1. The number of rotatable bonds is 5. The standard InChI is InChI=1S/C23H23N3O4/c1-29-23(28)25-19-10-5-9-18(12-19)24-22(27)26-13-20(14-26)30-15-17-8-4-7-16-6-2-3-11-21(16)17/h2-12,20H,13-15H2,1H3,(H,24,27)(H,25,28). The van der Waals surface area contributed by atoms with Gasteiger partial charge in [-0.15, -0.1) is 0 Å². The molecule has 1 aliphatic heterocycles. The van der Waals surface area contributed by atoms with Crippen LogP contribution in [0.15, 0.2) is 66.7 Å². The average molecular weight is 405 g/mol. The Bertz CT molecular complexity index is 1060. The summed E-state index contributed by atoms with van der Waals surface area (Å²) < 4.78 is 10.6. The Labute approximate surface area is 174 Å². The molecule has 0 radical (unpaired) electrons. The zero-order valence-electron chi connectivity index (χ0n) is 16.6. The van der Waals surface area contributed by atoms with E-state index in [-0.39, 0.29) is 12.1 Å². The van der Waals surface area contributed by atoms with E-state index < -0.39 is 6.09 Å². The SMILES string of the molecule is COC(=O)Nc1cccc(NC(=O)N2CC(OCc3cccc4ccccc34)C2)c1. The molecule has 30 heavy (non-hydrogen) atoms. The number of hydrogen-bond donors (Lipinski definition) is 2. The number of ether oxygens (including phenoxy) is 2. The Hall–Kier alpha value is -3.58. The molecule has 1 aliphatic rings. The van der Waals surface area contributed by atoms with E-state index in [9.17, 15) is 9.59 Å². The molecule has 0 spiro atoms. The maximum absolute atomic E-state index is 12.4. The predicted octanol–water partition coefficient (Wildman–Crippen LogP) is 4.45. The van der Waals surface area contributed by atoms with Crippen LogP contribution in [0.3, 0.4) is 0 Å². The van der Waals surface area contributed by atoms with Gasteiger partial charge in [0.1, 0.15) is 0 Å². The molecule has 7 nitrogen and oxygen atoms in total. The summed E-state index contributed by atoms with van der Waals surface area (Å²) in [6.07, 6.45) is -0.547. The monoisotopic (exact) mass is 405 g/mol. The Balaban J connectivity index is 1.27. The molecule has 1 heterocycles. The Morgan fingerprint density at radius 1 is 0.967 bits per heavy atom. The summed E-state index contributed by atoms with van der Waals surface area (Å²) in [4.78, 5) is 25.4. The van der Waals surface area contributed by atoms with E-state index in [1.165, 1.54) is 17.9 Å². The minimum atomic E-state index is -0.563. The summed E-state index contributed by atoms with van der Waals surface area (Å²) in [5, 5.41) is 7.78. The number of anilines is 2. The zero-order valence-corrected chi connectivity index (χ0v) is 16.6. The molecule has 154 valence electrons. The van der Waals surface area contributed by atoms with Gasteiger partial charge in [-0.3, -0.25) is 5.32 Å². The van der Waals surface area contributed by atoms with Crippen LogP contribution >= 0.6 is 0 Å². The number of amides is 3. The molecule has 0 saturated carbocycles. The normalized spacial score (nSPS) is 13.6. The number of hydrogen-bond acceptors (Lipinski definition) is 4. The molecule has 7 heteroatoms. The highest BCUT2D eigenvalue weighted by atomic mass is 16.5. The van der Waals surface area contributed by atoms with E-state index in [4.69, 9.17) is 4.74 Å². The number of fused-ring (bicyclic) bond motifs is 1. The van der Waals surface area contributed by atoms with Gasteiger partial charge in [-0.2, -0.15) is 0 Å². The quantitative estimate of drug-likeness (QED) is 0.657. The Morgan fingerprint density at radius 2 is 1.67 bits per heavy atom. The van der Waals surface area contributed by atoms with Crippen LogP contribution in [0.1, 0.15) is 5.56 Å². The van der Waals surface area contributed by atoms with Crippen LogP contribution in [0.25, 0.3) is 10.8 Å². The van der Waals surface area contributed by atoms with Crippen LogP contribution in [0.2, 0.25) is 0 Å². The van der Waals surface area contributed by atoms with Crippen molar-refractivity contribution in [3.63, 3.8) is 0 Å². The molecule has 0 atom stereocenters. The van der Waals surface area contributed by atoms with Gasteiger partial charge >= 0.3 is 12.1 Å². The van der Waals surface area contributed by atoms with Crippen LogP contribution in [0.4, 0.5) is 21.0 Å².